The number of esters is 1. The molecule has 0 saturated carbocycles. The number of rotatable bonds is 10. The van der Waals surface area contributed by atoms with Crippen LogP contribution in [0.15, 0.2) is 42.9 Å². The highest BCUT2D eigenvalue weighted by Crippen LogP contribution is 2.49. The third-order valence-corrected chi connectivity index (χ3v) is 7.88. The number of ether oxygens (including phenoxy) is 2. The summed E-state index contributed by atoms with van der Waals surface area (Å²) in [6.07, 6.45) is -1.47. The summed E-state index contributed by atoms with van der Waals surface area (Å²) in [7, 11) is -4.29. The Labute approximate surface area is 219 Å². The number of nitrogens with zero attached hydrogens (tertiary/aromatic N) is 4. The molecule has 14 heteroatoms. The molecule has 1 aliphatic rings. The number of benzene rings is 1. The molecule has 2 N–H and O–H groups in total. The summed E-state index contributed by atoms with van der Waals surface area (Å²) in [5.41, 5.74) is -2.48. The van der Waals surface area contributed by atoms with Crippen molar-refractivity contribution >= 4 is 19.4 Å². The van der Waals surface area contributed by atoms with Crippen LogP contribution in [-0.2, 0) is 23.4 Å². The van der Waals surface area contributed by atoms with Crippen LogP contribution in [0.2, 0.25) is 0 Å². The topological polar surface area (TPSA) is 146 Å². The Morgan fingerprint density at radius 2 is 2.03 bits per heavy atom. The fourth-order valence-corrected chi connectivity index (χ4v) is 5.77. The average molecular weight is 552 g/mol. The second kappa shape index (κ2) is 10.7. The fraction of sp³-hybridized carbons (Fsp3) is 0.500. The molecule has 4 rings (SSSR count). The maximum absolute atomic E-state index is 15.8. The third-order valence-electron chi connectivity index (χ3n) is 6.11. The molecule has 12 nitrogen and oxygen atoms in total. The van der Waals surface area contributed by atoms with Gasteiger partial charge in [0.1, 0.15) is 35.9 Å². The van der Waals surface area contributed by atoms with Gasteiger partial charge in [0.25, 0.3) is 0 Å². The Hall–Kier alpha value is -2.96. The number of hydrogen-bond acceptors (Lipinski definition) is 10. The quantitative estimate of drug-likeness (QED) is 0.283. The SMILES string of the molecule is CCOC(=O)C(C)(C)NP(=O)(OC[C@H]1O[C@@H](c2cnc3c(C)ncnn23)[C@](C)(F)[C@@H]1O)Oc1ccccc1. The summed E-state index contributed by atoms with van der Waals surface area (Å²) in [6, 6.07) is 8.19. The highest BCUT2D eigenvalue weighted by molar-refractivity contribution is 7.52. The number of carbonyl (C=O) groups excluding carboxylic acids is 1. The van der Waals surface area contributed by atoms with E-state index in [0.29, 0.717) is 11.3 Å². The molecule has 206 valence electrons. The maximum Gasteiger partial charge on any atom is 0.459 e. The molecular formula is C24H31FN5O7P. The summed E-state index contributed by atoms with van der Waals surface area (Å²) in [6.45, 7) is 7.07. The van der Waals surface area contributed by atoms with Gasteiger partial charge in [-0.05, 0) is 46.8 Å². The number of halogens is 1. The maximum atomic E-state index is 15.8. The lowest BCUT2D eigenvalue weighted by molar-refractivity contribution is -0.149. The number of fused-ring (bicyclic) bond motifs is 1. The lowest BCUT2D eigenvalue weighted by Crippen LogP contribution is -2.47. The molecule has 38 heavy (non-hydrogen) atoms. The summed E-state index contributed by atoms with van der Waals surface area (Å²) in [4.78, 5) is 20.8. The highest BCUT2D eigenvalue weighted by atomic mass is 31.2. The van der Waals surface area contributed by atoms with Crippen LogP contribution in [0.5, 0.6) is 5.75 Å². The van der Waals surface area contributed by atoms with E-state index < -0.39 is 49.8 Å². The second-order valence-electron chi connectivity index (χ2n) is 9.57. The van der Waals surface area contributed by atoms with Crippen LogP contribution in [0, 0.1) is 6.92 Å². The van der Waals surface area contributed by atoms with Crippen molar-refractivity contribution in [3.63, 3.8) is 0 Å². The molecule has 3 heterocycles. The zero-order valence-corrected chi connectivity index (χ0v) is 22.6. The molecule has 1 aromatic carbocycles. The van der Waals surface area contributed by atoms with E-state index >= 15 is 4.39 Å². The largest absolute Gasteiger partial charge is 0.465 e. The van der Waals surface area contributed by atoms with Crippen molar-refractivity contribution in [2.75, 3.05) is 13.2 Å². The summed E-state index contributed by atoms with van der Waals surface area (Å²) in [5, 5.41) is 17.6. The predicted octanol–water partition coefficient (Wildman–Crippen LogP) is 3.10. The average Bonchev–Trinajstić information content (AvgIpc) is 3.37. The van der Waals surface area contributed by atoms with Gasteiger partial charge in [-0.1, -0.05) is 18.2 Å². The van der Waals surface area contributed by atoms with Crippen molar-refractivity contribution in [3.8, 4) is 5.75 Å². The van der Waals surface area contributed by atoms with Crippen LogP contribution in [0.4, 0.5) is 4.39 Å². The number of aryl methyl sites for hydroxylation is 1. The molecule has 0 radical (unpaired) electrons. The summed E-state index contributed by atoms with van der Waals surface area (Å²) < 4.78 is 53.3. The number of carbonyl (C=O) groups is 1. The van der Waals surface area contributed by atoms with Gasteiger partial charge in [-0.25, -0.2) is 23.4 Å². The Morgan fingerprint density at radius 3 is 2.71 bits per heavy atom. The van der Waals surface area contributed by atoms with Crippen LogP contribution in [0.25, 0.3) is 5.65 Å². The van der Waals surface area contributed by atoms with E-state index in [4.69, 9.17) is 18.5 Å². The molecule has 0 amide bonds. The molecule has 5 atom stereocenters. The van der Waals surface area contributed by atoms with E-state index in [2.05, 4.69) is 20.2 Å². The van der Waals surface area contributed by atoms with E-state index in [1.54, 1.807) is 44.2 Å². The van der Waals surface area contributed by atoms with Crippen molar-refractivity contribution in [1.29, 1.82) is 0 Å². The fourth-order valence-electron chi connectivity index (χ4n) is 4.09. The first-order valence-electron chi connectivity index (χ1n) is 12.0. The van der Waals surface area contributed by atoms with E-state index in [1.165, 1.54) is 37.8 Å². The highest BCUT2D eigenvalue weighted by Gasteiger charge is 2.56. The number of aliphatic hydroxyl groups excluding tert-OH is 1. The van der Waals surface area contributed by atoms with E-state index in [1.807, 2.05) is 0 Å². The number of hydrogen-bond donors (Lipinski definition) is 2. The van der Waals surface area contributed by atoms with Crippen LogP contribution in [0.1, 0.15) is 45.2 Å². The zero-order valence-electron chi connectivity index (χ0n) is 21.7. The molecule has 1 saturated heterocycles. The minimum Gasteiger partial charge on any atom is -0.465 e. The minimum atomic E-state index is -4.29. The predicted molar refractivity (Wildman–Crippen MR) is 133 cm³/mol. The first kappa shape index (κ1) is 28.1. The van der Waals surface area contributed by atoms with Crippen molar-refractivity contribution in [1.82, 2.24) is 24.7 Å². The standard InChI is InChI=1S/C24H31FN5O7P/c1-6-34-22(32)23(3,4)29-38(33,37-16-10-8-7-9-11-16)35-13-18-19(31)24(5,25)20(36-18)17-12-26-21-15(2)27-14-28-30(17)21/h7-12,14,18-20,31H,6,13H2,1-5H3,(H,29,33)/t18-,19-,20+,24-,38?/m1/s1. The Morgan fingerprint density at radius 1 is 1.32 bits per heavy atom. The number of nitrogens with one attached hydrogen (secondary N) is 1. The van der Waals surface area contributed by atoms with Crippen LogP contribution in [0.3, 0.4) is 0 Å². The summed E-state index contributed by atoms with van der Waals surface area (Å²) in [5.74, 6) is -0.483. The molecule has 3 aromatic rings. The zero-order chi connectivity index (χ0) is 27.7. The van der Waals surface area contributed by atoms with Crippen molar-refractivity contribution < 1.29 is 37.4 Å². The van der Waals surface area contributed by atoms with Crippen molar-refractivity contribution in [3.05, 3.63) is 54.2 Å². The first-order chi connectivity index (χ1) is 17.9. The molecule has 2 aromatic heterocycles. The number of aromatic nitrogens is 4. The summed E-state index contributed by atoms with van der Waals surface area (Å²) >= 11 is 0. The molecule has 0 bridgehead atoms. The van der Waals surface area contributed by atoms with E-state index in [0.717, 1.165) is 0 Å². The van der Waals surface area contributed by atoms with Crippen LogP contribution < -0.4 is 9.61 Å². The van der Waals surface area contributed by atoms with Gasteiger partial charge in [-0.15, -0.1) is 0 Å². The lowest BCUT2D eigenvalue weighted by Gasteiger charge is -2.29. The van der Waals surface area contributed by atoms with Gasteiger partial charge in [0, 0.05) is 0 Å². The molecule has 0 aliphatic carbocycles. The molecule has 1 fully saturated rings. The Balaban J connectivity index is 1.57. The van der Waals surface area contributed by atoms with Gasteiger partial charge in [-0.2, -0.15) is 10.2 Å². The monoisotopic (exact) mass is 551 g/mol. The molecular weight excluding hydrogens is 520 g/mol. The van der Waals surface area contributed by atoms with Crippen molar-refractivity contribution in [2.24, 2.45) is 0 Å². The van der Waals surface area contributed by atoms with Crippen LogP contribution in [-0.4, -0.2) is 67.3 Å². The van der Waals surface area contributed by atoms with Crippen LogP contribution >= 0.6 is 7.75 Å². The molecule has 1 aliphatic heterocycles. The lowest BCUT2D eigenvalue weighted by atomic mass is 9.93. The van der Waals surface area contributed by atoms with Gasteiger partial charge >= 0.3 is 13.7 Å². The number of alkyl halides is 1. The third kappa shape index (κ3) is 5.57. The molecule has 1 unspecified atom stereocenters. The Kier molecular flexibility index (Phi) is 7.87. The normalized spacial score (nSPS) is 25.3. The number of para-hydroxylation sites is 1. The van der Waals surface area contributed by atoms with Gasteiger partial charge in [0.15, 0.2) is 11.3 Å². The van der Waals surface area contributed by atoms with Gasteiger partial charge in [-0.3, -0.25) is 9.32 Å². The Bertz CT molecular complexity index is 1340. The number of imidazole rings is 1. The number of aliphatic hydroxyl groups is 1. The first-order valence-corrected chi connectivity index (χ1v) is 13.6. The van der Waals surface area contributed by atoms with Gasteiger partial charge < -0.3 is 19.1 Å². The van der Waals surface area contributed by atoms with E-state index in [9.17, 15) is 14.5 Å². The van der Waals surface area contributed by atoms with Crippen molar-refractivity contribution in [2.45, 2.75) is 64.1 Å². The van der Waals surface area contributed by atoms with Gasteiger partial charge in [0.2, 0.25) is 0 Å². The van der Waals surface area contributed by atoms with Gasteiger partial charge in [0.05, 0.1) is 30.8 Å². The van der Waals surface area contributed by atoms with E-state index in [-0.39, 0.29) is 18.1 Å². The smallest absolute Gasteiger partial charge is 0.459 e. The second-order valence-corrected chi connectivity index (χ2v) is 11.2. The molecule has 0 spiro atoms. The minimum absolute atomic E-state index is 0.112.